The molecule has 3 rings (SSSR count). The number of fused-ring (bicyclic) bond motifs is 2. The van der Waals surface area contributed by atoms with E-state index in [-0.39, 0.29) is 5.60 Å². The fourth-order valence-electron chi connectivity index (χ4n) is 2.91. The molecule has 13 heavy (non-hydrogen) atoms. The molecule has 0 spiro atoms. The van der Waals surface area contributed by atoms with Gasteiger partial charge < -0.3 is 15.2 Å². The maximum atomic E-state index is 10.4. The van der Waals surface area contributed by atoms with Gasteiger partial charge >= 0.3 is 0 Å². The van der Waals surface area contributed by atoms with E-state index in [1.54, 1.807) is 0 Å². The molecule has 2 aliphatic heterocycles. The van der Waals surface area contributed by atoms with Crippen LogP contribution in [0.1, 0.15) is 25.7 Å². The number of rotatable bonds is 1. The van der Waals surface area contributed by atoms with Crippen LogP contribution in [-0.4, -0.2) is 36.0 Å². The molecule has 2 unspecified atom stereocenters. The van der Waals surface area contributed by atoms with Gasteiger partial charge in [0.25, 0.3) is 0 Å². The molecule has 0 amide bonds. The summed E-state index contributed by atoms with van der Waals surface area (Å²) in [6, 6.07) is 0.802. The molecule has 3 heteroatoms. The van der Waals surface area contributed by atoms with Crippen molar-refractivity contribution < 1.29 is 9.84 Å². The molecule has 2 bridgehead atoms. The van der Waals surface area contributed by atoms with Crippen molar-refractivity contribution in [3.05, 3.63) is 0 Å². The minimum Gasteiger partial charge on any atom is -0.389 e. The Morgan fingerprint density at radius 3 is 2.31 bits per heavy atom. The predicted molar refractivity (Wildman–Crippen MR) is 48.4 cm³/mol. The molecule has 0 aromatic rings. The zero-order valence-electron chi connectivity index (χ0n) is 7.83. The van der Waals surface area contributed by atoms with E-state index in [1.165, 1.54) is 12.8 Å². The van der Waals surface area contributed by atoms with E-state index in [0.717, 1.165) is 26.1 Å². The van der Waals surface area contributed by atoms with Gasteiger partial charge in [0.1, 0.15) is 0 Å². The van der Waals surface area contributed by atoms with Gasteiger partial charge in [0.15, 0.2) is 0 Å². The van der Waals surface area contributed by atoms with E-state index in [2.05, 4.69) is 5.32 Å². The highest BCUT2D eigenvalue weighted by atomic mass is 16.5. The molecule has 1 aliphatic carbocycles. The van der Waals surface area contributed by atoms with Crippen molar-refractivity contribution in [1.82, 2.24) is 5.32 Å². The Morgan fingerprint density at radius 2 is 1.77 bits per heavy atom. The van der Waals surface area contributed by atoms with E-state index in [9.17, 15) is 5.11 Å². The van der Waals surface area contributed by atoms with Crippen LogP contribution in [0.4, 0.5) is 0 Å². The van der Waals surface area contributed by atoms with E-state index in [1.807, 2.05) is 0 Å². The van der Waals surface area contributed by atoms with E-state index < -0.39 is 0 Å². The topological polar surface area (TPSA) is 41.5 Å². The smallest absolute Gasteiger partial charge is 0.0707 e. The minimum absolute atomic E-state index is 0.357. The molecule has 2 heterocycles. The first kappa shape index (κ1) is 8.21. The standard InChI is InChI=1S/C10H17NO2/c12-10(7-1-2-7)3-8-5-13-6-9(4-10)11-8/h7-9,11-12H,1-6H2. The maximum Gasteiger partial charge on any atom is 0.0707 e. The molecular formula is C10H17NO2. The van der Waals surface area contributed by atoms with E-state index in [4.69, 9.17) is 4.74 Å². The molecule has 2 atom stereocenters. The van der Waals surface area contributed by atoms with Crippen molar-refractivity contribution >= 4 is 0 Å². The molecule has 0 aromatic heterocycles. The molecule has 74 valence electrons. The van der Waals surface area contributed by atoms with Gasteiger partial charge in [-0.05, 0) is 31.6 Å². The lowest BCUT2D eigenvalue weighted by Gasteiger charge is -2.45. The second-order valence-corrected chi connectivity index (χ2v) is 4.88. The lowest BCUT2D eigenvalue weighted by Crippen LogP contribution is -2.60. The van der Waals surface area contributed by atoms with Gasteiger partial charge in [-0.3, -0.25) is 0 Å². The number of piperidine rings is 1. The second-order valence-electron chi connectivity index (χ2n) is 4.88. The highest BCUT2D eigenvalue weighted by molar-refractivity contribution is 5.04. The number of hydrogen-bond acceptors (Lipinski definition) is 3. The van der Waals surface area contributed by atoms with E-state index >= 15 is 0 Å². The Balaban J connectivity index is 1.76. The van der Waals surface area contributed by atoms with Crippen LogP contribution in [0.25, 0.3) is 0 Å². The molecular weight excluding hydrogens is 166 g/mol. The van der Waals surface area contributed by atoms with Gasteiger partial charge in [0.2, 0.25) is 0 Å². The quantitative estimate of drug-likeness (QED) is 0.613. The Hall–Kier alpha value is -0.120. The van der Waals surface area contributed by atoms with E-state index in [0.29, 0.717) is 18.0 Å². The third kappa shape index (κ3) is 1.39. The van der Waals surface area contributed by atoms with Gasteiger partial charge in [-0.1, -0.05) is 0 Å². The summed E-state index contributed by atoms with van der Waals surface area (Å²) >= 11 is 0. The van der Waals surface area contributed by atoms with Crippen LogP contribution in [0.5, 0.6) is 0 Å². The van der Waals surface area contributed by atoms with Crippen molar-refractivity contribution in [2.75, 3.05) is 13.2 Å². The summed E-state index contributed by atoms with van der Waals surface area (Å²) in [5.41, 5.74) is -0.357. The first-order valence-corrected chi connectivity index (χ1v) is 5.32. The van der Waals surface area contributed by atoms with Crippen molar-refractivity contribution in [3.63, 3.8) is 0 Å². The summed E-state index contributed by atoms with van der Waals surface area (Å²) in [6.07, 6.45) is 4.26. The molecule has 3 fully saturated rings. The van der Waals surface area contributed by atoms with Crippen molar-refractivity contribution in [3.8, 4) is 0 Å². The normalized spacial score (nSPS) is 50.5. The number of nitrogens with one attached hydrogen (secondary N) is 1. The SMILES string of the molecule is OC1(C2CC2)CC2COCC(C1)N2. The minimum atomic E-state index is -0.357. The molecule has 1 saturated carbocycles. The molecule has 2 N–H and O–H groups in total. The van der Waals surface area contributed by atoms with Crippen LogP contribution in [0, 0.1) is 5.92 Å². The Bertz CT molecular complexity index is 203. The van der Waals surface area contributed by atoms with Gasteiger partial charge in [-0.25, -0.2) is 0 Å². The van der Waals surface area contributed by atoms with Crippen LogP contribution in [0.2, 0.25) is 0 Å². The van der Waals surface area contributed by atoms with Crippen molar-refractivity contribution in [1.29, 1.82) is 0 Å². The van der Waals surface area contributed by atoms with Crippen molar-refractivity contribution in [2.45, 2.75) is 43.4 Å². The Morgan fingerprint density at radius 1 is 1.15 bits per heavy atom. The van der Waals surface area contributed by atoms with Gasteiger partial charge in [0.05, 0.1) is 18.8 Å². The summed E-state index contributed by atoms with van der Waals surface area (Å²) in [5, 5.41) is 13.9. The first-order valence-electron chi connectivity index (χ1n) is 5.32. The number of hydrogen-bond donors (Lipinski definition) is 2. The Kier molecular flexibility index (Phi) is 1.70. The zero-order chi connectivity index (χ0) is 8.89. The van der Waals surface area contributed by atoms with Crippen molar-refractivity contribution in [2.24, 2.45) is 5.92 Å². The fourth-order valence-corrected chi connectivity index (χ4v) is 2.91. The van der Waals surface area contributed by atoms with Gasteiger partial charge in [0, 0.05) is 12.1 Å². The monoisotopic (exact) mass is 183 g/mol. The van der Waals surface area contributed by atoms with Gasteiger partial charge in [-0.2, -0.15) is 0 Å². The maximum absolute atomic E-state index is 10.4. The number of morpholine rings is 1. The number of ether oxygens (including phenoxy) is 1. The molecule has 2 saturated heterocycles. The summed E-state index contributed by atoms with van der Waals surface area (Å²) < 4.78 is 5.46. The lowest BCUT2D eigenvalue weighted by molar-refractivity contribution is -0.0876. The third-order valence-electron chi connectivity index (χ3n) is 3.65. The van der Waals surface area contributed by atoms with Crippen LogP contribution < -0.4 is 5.32 Å². The third-order valence-corrected chi connectivity index (χ3v) is 3.65. The summed E-state index contributed by atoms with van der Waals surface area (Å²) in [4.78, 5) is 0. The number of aliphatic hydroxyl groups is 1. The summed E-state index contributed by atoms with van der Waals surface area (Å²) in [6.45, 7) is 1.57. The fraction of sp³-hybridized carbons (Fsp3) is 1.00. The molecule has 3 aliphatic rings. The zero-order valence-corrected chi connectivity index (χ0v) is 7.83. The van der Waals surface area contributed by atoms with Crippen LogP contribution in [0.15, 0.2) is 0 Å². The molecule has 0 aromatic carbocycles. The molecule has 0 radical (unpaired) electrons. The Labute approximate surface area is 78.5 Å². The molecule has 3 nitrogen and oxygen atoms in total. The highest BCUT2D eigenvalue weighted by Crippen LogP contribution is 2.46. The highest BCUT2D eigenvalue weighted by Gasteiger charge is 2.49. The van der Waals surface area contributed by atoms with Crippen LogP contribution in [-0.2, 0) is 4.74 Å². The van der Waals surface area contributed by atoms with Crippen LogP contribution in [0.3, 0.4) is 0 Å². The average molecular weight is 183 g/mol. The second kappa shape index (κ2) is 2.69. The van der Waals surface area contributed by atoms with Crippen LogP contribution >= 0.6 is 0 Å². The average Bonchev–Trinajstić information content (AvgIpc) is 2.84. The first-order chi connectivity index (χ1) is 6.26. The van der Waals surface area contributed by atoms with Gasteiger partial charge in [-0.15, -0.1) is 0 Å². The predicted octanol–water partition coefficient (Wildman–Crippen LogP) is 0.278. The summed E-state index contributed by atoms with van der Waals surface area (Å²) in [5.74, 6) is 0.595. The largest absolute Gasteiger partial charge is 0.389 e. The summed E-state index contributed by atoms with van der Waals surface area (Å²) in [7, 11) is 0. The lowest BCUT2D eigenvalue weighted by atomic mass is 9.79.